The van der Waals surface area contributed by atoms with Crippen LogP contribution >= 0.6 is 0 Å². The molecule has 3 heterocycles. The summed E-state index contributed by atoms with van der Waals surface area (Å²) in [4.78, 5) is 27.8. The summed E-state index contributed by atoms with van der Waals surface area (Å²) in [6.07, 6.45) is -1.63. The summed E-state index contributed by atoms with van der Waals surface area (Å²) in [5.74, 6) is -2.46. The van der Waals surface area contributed by atoms with Gasteiger partial charge in [0, 0.05) is 19.4 Å². The van der Waals surface area contributed by atoms with Gasteiger partial charge in [0.25, 0.3) is 5.91 Å². The maximum Gasteiger partial charge on any atom is 0.490 e. The lowest BCUT2D eigenvalue weighted by atomic mass is 10.0. The molecule has 1 amide bonds. The third kappa shape index (κ3) is 5.57. The van der Waals surface area contributed by atoms with Crippen molar-refractivity contribution in [3.05, 3.63) is 23.9 Å². The number of carboxylic acid groups (broad SMARTS) is 1. The number of fused-ring (bicyclic) bond motifs is 1. The number of aromatic nitrogens is 1. The summed E-state index contributed by atoms with van der Waals surface area (Å²) in [7, 11) is 1.53. The molecule has 2 saturated heterocycles. The van der Waals surface area contributed by atoms with E-state index in [1.165, 1.54) is 7.11 Å². The maximum absolute atomic E-state index is 12.9. The molecule has 2 aliphatic rings. The van der Waals surface area contributed by atoms with E-state index in [1.807, 2.05) is 11.8 Å². The molecule has 2 fully saturated rings. The van der Waals surface area contributed by atoms with E-state index in [0.717, 1.165) is 19.4 Å². The van der Waals surface area contributed by atoms with Crippen LogP contribution in [0.4, 0.5) is 13.2 Å². The van der Waals surface area contributed by atoms with Gasteiger partial charge in [-0.2, -0.15) is 13.2 Å². The van der Waals surface area contributed by atoms with Gasteiger partial charge in [0.2, 0.25) is 5.88 Å². The van der Waals surface area contributed by atoms with Crippen molar-refractivity contribution in [2.24, 2.45) is 0 Å². The highest BCUT2D eigenvalue weighted by atomic mass is 19.4. The van der Waals surface area contributed by atoms with E-state index in [9.17, 15) is 18.0 Å². The molecule has 2 aliphatic heterocycles. The zero-order valence-corrected chi connectivity index (χ0v) is 16.0. The first kappa shape index (κ1) is 22.9. The monoisotopic (exact) mass is 420 g/mol. The second kappa shape index (κ2) is 9.88. The lowest BCUT2D eigenvalue weighted by Crippen LogP contribution is -2.44. The lowest BCUT2D eigenvalue weighted by Gasteiger charge is -2.32. The Morgan fingerprint density at radius 1 is 1.41 bits per heavy atom. The van der Waals surface area contributed by atoms with Crippen LogP contribution in [0.25, 0.3) is 0 Å². The highest BCUT2D eigenvalue weighted by molar-refractivity contribution is 5.96. The number of likely N-dealkylation sites (tertiary alicyclic amines) is 1. The molecule has 8 nitrogen and oxygen atoms in total. The molecule has 0 radical (unpaired) electrons. The van der Waals surface area contributed by atoms with Crippen molar-refractivity contribution in [1.29, 1.82) is 0 Å². The maximum atomic E-state index is 12.9. The summed E-state index contributed by atoms with van der Waals surface area (Å²) >= 11 is 0. The molecule has 1 aromatic heterocycles. The number of nitrogens with zero attached hydrogens (tertiary/aromatic N) is 2. The van der Waals surface area contributed by atoms with Crippen LogP contribution in [0.15, 0.2) is 18.3 Å². The van der Waals surface area contributed by atoms with Crippen LogP contribution < -0.4 is 4.74 Å². The number of carbonyl (C=O) groups excluding carboxylic acids is 1. The number of amides is 1. The van der Waals surface area contributed by atoms with Gasteiger partial charge in [0.1, 0.15) is 17.8 Å². The van der Waals surface area contributed by atoms with E-state index in [1.54, 1.807) is 18.3 Å². The molecule has 11 heteroatoms. The second-order valence-corrected chi connectivity index (χ2v) is 6.36. The van der Waals surface area contributed by atoms with Crippen molar-refractivity contribution in [3.63, 3.8) is 0 Å². The van der Waals surface area contributed by atoms with Crippen molar-refractivity contribution in [1.82, 2.24) is 9.88 Å². The minimum Gasteiger partial charge on any atom is -0.480 e. The van der Waals surface area contributed by atoms with Gasteiger partial charge in [-0.05, 0) is 31.9 Å². The Morgan fingerprint density at radius 2 is 2.10 bits per heavy atom. The number of rotatable bonds is 4. The van der Waals surface area contributed by atoms with Gasteiger partial charge in [-0.15, -0.1) is 0 Å². The third-order valence-corrected chi connectivity index (χ3v) is 4.56. The fourth-order valence-electron chi connectivity index (χ4n) is 3.37. The average Bonchev–Trinajstić information content (AvgIpc) is 3.06. The number of ether oxygens (including phenoxy) is 3. The van der Waals surface area contributed by atoms with Gasteiger partial charge in [-0.3, -0.25) is 4.79 Å². The van der Waals surface area contributed by atoms with E-state index in [2.05, 4.69) is 4.98 Å². The minimum atomic E-state index is -5.08. The van der Waals surface area contributed by atoms with Gasteiger partial charge in [0.15, 0.2) is 0 Å². The average molecular weight is 420 g/mol. The van der Waals surface area contributed by atoms with Gasteiger partial charge in [0.05, 0.1) is 19.7 Å². The Labute approximate surface area is 165 Å². The molecular weight excluding hydrogens is 397 g/mol. The summed E-state index contributed by atoms with van der Waals surface area (Å²) in [5.41, 5.74) is 0.492. The van der Waals surface area contributed by atoms with Crippen LogP contribution in [-0.2, 0) is 14.3 Å². The fraction of sp³-hybridized carbons (Fsp3) is 0.611. The molecule has 0 unspecified atom stereocenters. The number of alkyl halides is 3. The Morgan fingerprint density at radius 3 is 2.69 bits per heavy atom. The zero-order chi connectivity index (χ0) is 21.6. The predicted molar refractivity (Wildman–Crippen MR) is 93.7 cm³/mol. The van der Waals surface area contributed by atoms with Crippen LogP contribution in [0, 0.1) is 0 Å². The van der Waals surface area contributed by atoms with Crippen LogP contribution in [0.1, 0.15) is 30.1 Å². The molecule has 162 valence electrons. The van der Waals surface area contributed by atoms with E-state index in [4.69, 9.17) is 24.1 Å². The number of methoxy groups -OCH3 is 1. The fourth-order valence-corrected chi connectivity index (χ4v) is 3.37. The van der Waals surface area contributed by atoms with Crippen molar-refractivity contribution in [2.75, 3.05) is 26.9 Å². The molecule has 0 saturated carbocycles. The Kier molecular flexibility index (Phi) is 7.80. The number of carbonyl (C=O) groups is 2. The quantitative estimate of drug-likeness (QED) is 0.797. The third-order valence-electron chi connectivity index (χ3n) is 4.56. The molecule has 0 aromatic carbocycles. The van der Waals surface area contributed by atoms with Crippen molar-refractivity contribution in [2.45, 2.75) is 44.2 Å². The normalized spacial score (nSPS) is 23.6. The topological polar surface area (TPSA) is 98.2 Å². The Hall–Kier alpha value is -2.40. The first-order chi connectivity index (χ1) is 13.7. The summed E-state index contributed by atoms with van der Waals surface area (Å²) < 4.78 is 48.6. The number of hydrogen-bond donors (Lipinski definition) is 1. The highest BCUT2D eigenvalue weighted by Crippen LogP contribution is 2.32. The Bertz CT molecular complexity index is 715. The zero-order valence-electron chi connectivity index (χ0n) is 16.0. The van der Waals surface area contributed by atoms with E-state index < -0.39 is 12.1 Å². The van der Waals surface area contributed by atoms with Crippen LogP contribution in [0.5, 0.6) is 5.88 Å². The number of aliphatic carboxylic acids is 1. The number of carboxylic acids is 1. The van der Waals surface area contributed by atoms with Crippen LogP contribution in [-0.4, -0.2) is 78.2 Å². The lowest BCUT2D eigenvalue weighted by molar-refractivity contribution is -0.192. The molecule has 3 atom stereocenters. The smallest absolute Gasteiger partial charge is 0.480 e. The molecule has 3 rings (SSSR count). The summed E-state index contributed by atoms with van der Waals surface area (Å²) in [5, 5.41) is 7.12. The SMILES string of the molecule is CCO[C@@H]1CN(C(=O)c2cccnc2OC)[C@@H]2CCCO[C@@H]21.O=C(O)C(F)(F)F. The van der Waals surface area contributed by atoms with Gasteiger partial charge < -0.3 is 24.2 Å². The van der Waals surface area contributed by atoms with E-state index in [0.29, 0.717) is 24.6 Å². The van der Waals surface area contributed by atoms with Crippen molar-refractivity contribution in [3.8, 4) is 5.88 Å². The molecule has 29 heavy (non-hydrogen) atoms. The first-order valence-corrected chi connectivity index (χ1v) is 9.04. The molecule has 1 aromatic rings. The predicted octanol–water partition coefficient (Wildman–Crippen LogP) is 2.13. The van der Waals surface area contributed by atoms with E-state index in [-0.39, 0.29) is 24.2 Å². The van der Waals surface area contributed by atoms with Gasteiger partial charge in [-0.1, -0.05) is 0 Å². The number of hydrogen-bond acceptors (Lipinski definition) is 6. The molecular formula is C18H23F3N2O6. The molecule has 0 aliphatic carbocycles. The minimum absolute atomic E-state index is 0.0275. The number of pyridine rings is 1. The number of halogens is 3. The standard InChI is InChI=1S/C16H22N2O4.C2HF3O2/c1-3-21-13-10-18(12-7-5-9-22-14(12)13)16(19)11-6-4-8-17-15(11)20-2;3-2(4,5)1(6)7/h4,6,8,12-14H,3,5,7,9-10H2,1-2H3;(H,6,7)/t12-,13-,14+;/m1./s1. The second-order valence-electron chi connectivity index (χ2n) is 6.36. The summed E-state index contributed by atoms with van der Waals surface area (Å²) in [6, 6.07) is 3.57. The van der Waals surface area contributed by atoms with Crippen LogP contribution in [0.2, 0.25) is 0 Å². The highest BCUT2D eigenvalue weighted by Gasteiger charge is 2.47. The van der Waals surface area contributed by atoms with Gasteiger partial charge >= 0.3 is 12.1 Å². The first-order valence-electron chi connectivity index (χ1n) is 9.04. The summed E-state index contributed by atoms with van der Waals surface area (Å²) in [6.45, 7) is 3.88. The largest absolute Gasteiger partial charge is 0.490 e. The van der Waals surface area contributed by atoms with Gasteiger partial charge in [-0.25, -0.2) is 9.78 Å². The van der Waals surface area contributed by atoms with Crippen LogP contribution in [0.3, 0.4) is 0 Å². The van der Waals surface area contributed by atoms with Crippen molar-refractivity contribution >= 4 is 11.9 Å². The van der Waals surface area contributed by atoms with E-state index >= 15 is 0 Å². The molecule has 0 bridgehead atoms. The van der Waals surface area contributed by atoms with Crippen molar-refractivity contribution < 1.29 is 42.1 Å². The molecule has 1 N–H and O–H groups in total. The Balaban J connectivity index is 0.000000370. The molecule has 0 spiro atoms.